The molecule has 0 fully saturated rings. The zero-order chi connectivity index (χ0) is 20.1. The number of aryl methyl sites for hydroxylation is 2. The maximum absolute atomic E-state index is 12.4. The Morgan fingerprint density at radius 2 is 2.11 bits per heavy atom. The van der Waals surface area contributed by atoms with Gasteiger partial charge in [-0.25, -0.2) is 10.4 Å². The van der Waals surface area contributed by atoms with E-state index in [1.807, 2.05) is 19.9 Å². The van der Waals surface area contributed by atoms with Crippen LogP contribution in [0.1, 0.15) is 42.0 Å². The highest BCUT2D eigenvalue weighted by molar-refractivity contribution is 5.98. The zero-order valence-corrected chi connectivity index (χ0v) is 16.3. The Kier molecular flexibility index (Phi) is 5.93. The van der Waals surface area contributed by atoms with Crippen molar-refractivity contribution in [3.8, 4) is 11.5 Å². The molecule has 3 aromatic rings. The van der Waals surface area contributed by atoms with Gasteiger partial charge in [0.15, 0.2) is 0 Å². The minimum absolute atomic E-state index is 0.0357. The number of hydrogen-bond donors (Lipinski definition) is 2. The Bertz CT molecular complexity index is 1020. The number of nitrogens with zero attached hydrogens (tertiary/aromatic N) is 3. The van der Waals surface area contributed by atoms with Crippen molar-refractivity contribution >= 4 is 23.2 Å². The lowest BCUT2D eigenvalue weighted by molar-refractivity contribution is 0.0955. The van der Waals surface area contributed by atoms with Gasteiger partial charge < -0.3 is 14.4 Å². The van der Waals surface area contributed by atoms with Gasteiger partial charge in [0.05, 0.1) is 23.9 Å². The van der Waals surface area contributed by atoms with Gasteiger partial charge >= 0.3 is 0 Å². The topological polar surface area (TPSA) is 88.7 Å². The normalized spacial score (nSPS) is 11.2. The largest absolute Gasteiger partial charge is 0.507 e. The first kappa shape index (κ1) is 19.4. The number of benzene rings is 2. The molecule has 0 radical (unpaired) electrons. The first-order valence-electron chi connectivity index (χ1n) is 9.29. The minimum Gasteiger partial charge on any atom is -0.507 e. The number of phenols is 1. The molecule has 0 spiro atoms. The fourth-order valence-electron chi connectivity index (χ4n) is 2.96. The fourth-order valence-corrected chi connectivity index (χ4v) is 2.96. The first-order valence-corrected chi connectivity index (χ1v) is 9.29. The van der Waals surface area contributed by atoms with Gasteiger partial charge in [0.25, 0.3) is 5.91 Å². The number of imidazole rings is 1. The summed E-state index contributed by atoms with van der Waals surface area (Å²) in [6.45, 7) is 7.42. The number of fused-ring (bicyclic) bond motifs is 1. The number of phenolic OH excluding ortho intramolecular Hbond substituents is 1. The molecule has 0 saturated carbocycles. The Morgan fingerprint density at radius 3 is 2.82 bits per heavy atom. The van der Waals surface area contributed by atoms with Crippen molar-refractivity contribution in [3.05, 3.63) is 53.3 Å². The average molecular weight is 380 g/mol. The average Bonchev–Trinajstić information content (AvgIpc) is 3.01. The van der Waals surface area contributed by atoms with E-state index in [4.69, 9.17) is 4.74 Å². The van der Waals surface area contributed by atoms with Crippen molar-refractivity contribution in [3.63, 3.8) is 0 Å². The monoisotopic (exact) mass is 380 g/mol. The smallest absolute Gasteiger partial charge is 0.271 e. The molecule has 7 heteroatoms. The fraction of sp³-hybridized carbons (Fsp3) is 0.286. The van der Waals surface area contributed by atoms with E-state index in [-0.39, 0.29) is 11.7 Å². The lowest BCUT2D eigenvalue weighted by Crippen LogP contribution is -2.17. The molecule has 7 nitrogen and oxygen atoms in total. The van der Waals surface area contributed by atoms with Gasteiger partial charge in [0.2, 0.25) is 0 Å². The van der Waals surface area contributed by atoms with Crippen LogP contribution in [-0.2, 0) is 6.54 Å². The summed E-state index contributed by atoms with van der Waals surface area (Å²) in [6.07, 6.45) is 2.28. The van der Waals surface area contributed by atoms with Gasteiger partial charge in [0, 0.05) is 23.7 Å². The molecule has 1 amide bonds. The van der Waals surface area contributed by atoms with Gasteiger partial charge in [-0.15, -0.1) is 0 Å². The Balaban J connectivity index is 1.69. The molecule has 2 N–H and O–H groups in total. The van der Waals surface area contributed by atoms with E-state index in [1.165, 1.54) is 12.3 Å². The third kappa shape index (κ3) is 4.14. The lowest BCUT2D eigenvalue weighted by Gasteiger charge is -2.06. The van der Waals surface area contributed by atoms with Crippen LogP contribution in [0, 0.1) is 6.92 Å². The summed E-state index contributed by atoms with van der Waals surface area (Å²) in [7, 11) is 0. The van der Waals surface area contributed by atoms with E-state index < -0.39 is 0 Å². The molecule has 146 valence electrons. The van der Waals surface area contributed by atoms with E-state index in [9.17, 15) is 9.90 Å². The second-order valence-corrected chi connectivity index (χ2v) is 6.37. The number of carbonyl (C=O) groups is 1. The van der Waals surface area contributed by atoms with Crippen LogP contribution in [-0.4, -0.2) is 33.4 Å². The van der Waals surface area contributed by atoms with E-state index in [0.717, 1.165) is 29.8 Å². The number of amides is 1. The molecule has 28 heavy (non-hydrogen) atoms. The van der Waals surface area contributed by atoms with Crippen molar-refractivity contribution < 1.29 is 14.6 Å². The Morgan fingerprint density at radius 1 is 1.29 bits per heavy atom. The molecule has 0 atom stereocenters. The van der Waals surface area contributed by atoms with Crippen molar-refractivity contribution in [1.29, 1.82) is 0 Å². The van der Waals surface area contributed by atoms with Crippen LogP contribution in [0.25, 0.3) is 11.0 Å². The van der Waals surface area contributed by atoms with Crippen molar-refractivity contribution in [2.45, 2.75) is 33.7 Å². The van der Waals surface area contributed by atoms with Gasteiger partial charge in [-0.3, -0.25) is 4.79 Å². The summed E-state index contributed by atoms with van der Waals surface area (Å²) >= 11 is 0. The quantitative estimate of drug-likeness (QED) is 0.484. The predicted octanol–water partition coefficient (Wildman–Crippen LogP) is 3.62. The summed E-state index contributed by atoms with van der Waals surface area (Å²) in [6, 6.07) is 10.3. The van der Waals surface area contributed by atoms with Gasteiger partial charge in [-0.2, -0.15) is 5.10 Å². The molecule has 1 heterocycles. The van der Waals surface area contributed by atoms with Crippen LogP contribution in [0.3, 0.4) is 0 Å². The standard InChI is InChI=1S/C21H24N4O3/c1-4-10-28-17-8-6-16(20(26)12-17)13-22-24-21(27)15-7-9-19-18(11-15)23-14(3)25(19)5-2/h6-9,11-13,26H,4-5,10H2,1-3H3,(H,24,27)/b22-13+. The van der Waals surface area contributed by atoms with Crippen LogP contribution in [0.2, 0.25) is 0 Å². The number of carbonyl (C=O) groups excluding carboxylic acids is 1. The second-order valence-electron chi connectivity index (χ2n) is 6.37. The van der Waals surface area contributed by atoms with Crippen LogP contribution < -0.4 is 10.2 Å². The van der Waals surface area contributed by atoms with Crippen LogP contribution >= 0.6 is 0 Å². The van der Waals surface area contributed by atoms with Gasteiger partial charge in [-0.05, 0) is 50.6 Å². The van der Waals surface area contributed by atoms with E-state index in [2.05, 4.69) is 27.0 Å². The molecule has 1 aromatic heterocycles. The molecule has 0 unspecified atom stereocenters. The minimum atomic E-state index is -0.343. The number of rotatable bonds is 7. The highest BCUT2D eigenvalue weighted by Crippen LogP contribution is 2.22. The van der Waals surface area contributed by atoms with Crippen LogP contribution in [0.5, 0.6) is 11.5 Å². The number of aromatic nitrogens is 2. The maximum Gasteiger partial charge on any atom is 0.271 e. The summed E-state index contributed by atoms with van der Waals surface area (Å²) in [5.41, 5.74) is 5.20. The first-order chi connectivity index (χ1) is 13.5. The molecule has 3 rings (SSSR count). The molecule has 0 aliphatic heterocycles. The third-order valence-electron chi connectivity index (χ3n) is 4.36. The van der Waals surface area contributed by atoms with E-state index in [1.54, 1.807) is 24.3 Å². The van der Waals surface area contributed by atoms with Crippen molar-refractivity contribution in [1.82, 2.24) is 15.0 Å². The lowest BCUT2D eigenvalue weighted by atomic mass is 10.2. The molecular formula is C21H24N4O3. The van der Waals surface area contributed by atoms with Crippen molar-refractivity contribution in [2.75, 3.05) is 6.61 Å². The van der Waals surface area contributed by atoms with Gasteiger partial charge in [-0.1, -0.05) is 6.92 Å². The van der Waals surface area contributed by atoms with Crippen LogP contribution in [0.4, 0.5) is 0 Å². The Hall–Kier alpha value is -3.35. The van der Waals surface area contributed by atoms with Gasteiger partial charge in [0.1, 0.15) is 17.3 Å². The summed E-state index contributed by atoms with van der Waals surface area (Å²) in [5.74, 6) is 1.20. The summed E-state index contributed by atoms with van der Waals surface area (Å²) in [5, 5.41) is 14.0. The summed E-state index contributed by atoms with van der Waals surface area (Å²) < 4.78 is 7.55. The summed E-state index contributed by atoms with van der Waals surface area (Å²) in [4.78, 5) is 16.9. The molecule has 0 saturated heterocycles. The van der Waals surface area contributed by atoms with E-state index >= 15 is 0 Å². The molecule has 0 bridgehead atoms. The number of nitrogens with one attached hydrogen (secondary N) is 1. The number of ether oxygens (including phenoxy) is 1. The molecular weight excluding hydrogens is 356 g/mol. The van der Waals surface area contributed by atoms with E-state index in [0.29, 0.717) is 23.5 Å². The maximum atomic E-state index is 12.4. The SMILES string of the molecule is CCCOc1ccc(/C=N/NC(=O)c2ccc3c(c2)nc(C)n3CC)c(O)c1. The predicted molar refractivity (Wildman–Crippen MR) is 109 cm³/mol. The highest BCUT2D eigenvalue weighted by atomic mass is 16.5. The molecule has 0 aliphatic carbocycles. The number of aromatic hydroxyl groups is 1. The molecule has 2 aromatic carbocycles. The number of hydrazone groups is 1. The van der Waals surface area contributed by atoms with Crippen molar-refractivity contribution in [2.24, 2.45) is 5.10 Å². The van der Waals surface area contributed by atoms with Crippen LogP contribution in [0.15, 0.2) is 41.5 Å². The third-order valence-corrected chi connectivity index (χ3v) is 4.36. The highest BCUT2D eigenvalue weighted by Gasteiger charge is 2.10. The Labute approximate surface area is 163 Å². The number of hydrogen-bond acceptors (Lipinski definition) is 5. The second kappa shape index (κ2) is 8.56. The zero-order valence-electron chi connectivity index (χ0n) is 16.3. The molecule has 0 aliphatic rings.